The van der Waals surface area contributed by atoms with E-state index in [2.05, 4.69) is 30.2 Å². The summed E-state index contributed by atoms with van der Waals surface area (Å²) in [5.74, 6) is -0.412. The van der Waals surface area contributed by atoms with E-state index in [4.69, 9.17) is 10.5 Å². The first kappa shape index (κ1) is 22.1. The Bertz CT molecular complexity index is 1320. The van der Waals surface area contributed by atoms with Crippen molar-refractivity contribution in [2.75, 3.05) is 23.8 Å². The molecule has 182 valence electrons. The molecule has 0 spiro atoms. The summed E-state index contributed by atoms with van der Waals surface area (Å²) in [7, 11) is 1.68. The maximum absolute atomic E-state index is 15.2. The van der Waals surface area contributed by atoms with E-state index in [9.17, 15) is 9.50 Å². The molecule has 6 rings (SSSR count). The molecule has 1 aromatic carbocycles. The van der Waals surface area contributed by atoms with E-state index in [1.54, 1.807) is 14.0 Å². The first-order valence-corrected chi connectivity index (χ1v) is 11.6. The Morgan fingerprint density at radius 3 is 2.60 bits per heavy atom. The van der Waals surface area contributed by atoms with Crippen LogP contribution in [-0.4, -0.2) is 50.7 Å². The summed E-state index contributed by atoms with van der Waals surface area (Å²) in [6.45, 7) is 2.26. The molecule has 11 heteroatoms. The van der Waals surface area contributed by atoms with Crippen molar-refractivity contribution in [3.8, 4) is 22.9 Å². The third kappa shape index (κ3) is 3.49. The molecule has 2 fully saturated rings. The number of ether oxygens (including phenoxy) is 1. The number of anilines is 2. The van der Waals surface area contributed by atoms with Gasteiger partial charge in [0.15, 0.2) is 23.2 Å². The monoisotopic (exact) mass is 481 g/mol. The fraction of sp³-hybridized carbons (Fsp3) is 0.417. The van der Waals surface area contributed by atoms with Crippen LogP contribution in [0.2, 0.25) is 0 Å². The minimum absolute atomic E-state index is 0.0684. The average Bonchev–Trinajstić information content (AvgIpc) is 3.53. The largest absolute Gasteiger partial charge is 0.421 e. The van der Waals surface area contributed by atoms with Crippen LogP contribution in [0.15, 0.2) is 18.5 Å². The smallest absolute Gasteiger partial charge is 0.324 e. The summed E-state index contributed by atoms with van der Waals surface area (Å²) in [5.41, 5.74) is 8.68. The van der Waals surface area contributed by atoms with Crippen LogP contribution in [0.25, 0.3) is 11.1 Å². The number of benzene rings is 1. The second kappa shape index (κ2) is 8.06. The van der Waals surface area contributed by atoms with E-state index >= 15 is 4.39 Å². The van der Waals surface area contributed by atoms with Crippen molar-refractivity contribution < 1.29 is 18.6 Å². The Balaban J connectivity index is 1.46. The van der Waals surface area contributed by atoms with Crippen LogP contribution in [0, 0.1) is 17.6 Å². The molecule has 2 bridgehead atoms. The highest BCUT2D eigenvalue weighted by atomic mass is 19.2. The molecule has 2 aliphatic carbocycles. The standard InChI is InChI=1S/C24H25F2N7O2/c1-10(34)22-29-7-13(8-30-22)35-24-31-18-5-14-17(28-2)6-15(25)21(26)19(14)20(18)23(32-24)33-9-11-3-12(33)4-16(11)27/h6-8,10-12,16,28,34H,3-5,9,27H2,1-2H3/t10-,11+,12?,16+/m0/s1. The van der Waals surface area contributed by atoms with E-state index in [0.717, 1.165) is 12.8 Å². The van der Waals surface area contributed by atoms with Crippen molar-refractivity contribution in [1.82, 2.24) is 19.9 Å². The van der Waals surface area contributed by atoms with E-state index in [1.165, 1.54) is 18.5 Å². The molecule has 1 saturated heterocycles. The highest BCUT2D eigenvalue weighted by molar-refractivity contribution is 5.89. The maximum atomic E-state index is 15.2. The lowest BCUT2D eigenvalue weighted by atomic mass is 10.0. The van der Waals surface area contributed by atoms with Gasteiger partial charge in [0, 0.05) is 55.0 Å². The molecule has 3 aromatic rings. The summed E-state index contributed by atoms with van der Waals surface area (Å²) in [6.07, 6.45) is 4.12. The van der Waals surface area contributed by atoms with Crippen LogP contribution in [0.4, 0.5) is 20.3 Å². The van der Waals surface area contributed by atoms with Gasteiger partial charge >= 0.3 is 6.01 Å². The molecule has 1 aliphatic heterocycles. The highest BCUT2D eigenvalue weighted by Crippen LogP contribution is 2.50. The van der Waals surface area contributed by atoms with E-state index in [-0.39, 0.29) is 29.5 Å². The lowest BCUT2D eigenvalue weighted by Crippen LogP contribution is -2.41. The van der Waals surface area contributed by atoms with Crippen molar-refractivity contribution in [3.63, 3.8) is 0 Å². The summed E-state index contributed by atoms with van der Waals surface area (Å²) >= 11 is 0. The maximum Gasteiger partial charge on any atom is 0.324 e. The van der Waals surface area contributed by atoms with Crippen LogP contribution in [0.3, 0.4) is 0 Å². The van der Waals surface area contributed by atoms with Crippen LogP contribution < -0.4 is 20.7 Å². The van der Waals surface area contributed by atoms with Crippen LogP contribution in [0.1, 0.15) is 43.0 Å². The van der Waals surface area contributed by atoms with Gasteiger partial charge in [-0.2, -0.15) is 9.97 Å². The van der Waals surface area contributed by atoms with Gasteiger partial charge in [0.1, 0.15) is 11.9 Å². The summed E-state index contributed by atoms with van der Waals surface area (Å²) in [5, 5.41) is 12.6. The number of nitrogens with one attached hydrogen (secondary N) is 1. The predicted octanol–water partition coefficient (Wildman–Crippen LogP) is 2.93. The summed E-state index contributed by atoms with van der Waals surface area (Å²) in [6, 6.07) is 1.53. The fourth-order valence-corrected chi connectivity index (χ4v) is 5.56. The lowest BCUT2D eigenvalue weighted by molar-refractivity contribution is 0.188. The zero-order valence-electron chi connectivity index (χ0n) is 19.3. The molecular formula is C24H25F2N7O2. The van der Waals surface area contributed by atoms with Crippen LogP contribution in [0.5, 0.6) is 11.8 Å². The second-order valence-corrected chi connectivity index (χ2v) is 9.41. The quantitative estimate of drug-likeness (QED) is 0.395. The fourth-order valence-electron chi connectivity index (χ4n) is 5.56. The molecule has 35 heavy (non-hydrogen) atoms. The number of fused-ring (bicyclic) bond motifs is 5. The van der Waals surface area contributed by atoms with Gasteiger partial charge in [-0.25, -0.2) is 18.7 Å². The molecule has 2 aromatic heterocycles. The van der Waals surface area contributed by atoms with E-state index in [0.29, 0.717) is 53.0 Å². The van der Waals surface area contributed by atoms with Crippen molar-refractivity contribution in [2.24, 2.45) is 11.7 Å². The molecule has 3 heterocycles. The number of hydrogen-bond donors (Lipinski definition) is 3. The third-order valence-electron chi connectivity index (χ3n) is 7.23. The molecule has 1 unspecified atom stereocenters. The van der Waals surface area contributed by atoms with Gasteiger partial charge in [0.25, 0.3) is 0 Å². The number of nitrogens with zero attached hydrogens (tertiary/aromatic N) is 5. The zero-order valence-corrected chi connectivity index (χ0v) is 19.3. The lowest BCUT2D eigenvalue weighted by Gasteiger charge is -2.32. The van der Waals surface area contributed by atoms with Gasteiger partial charge in [0.2, 0.25) is 0 Å². The topological polar surface area (TPSA) is 122 Å². The van der Waals surface area contributed by atoms with Crippen LogP contribution >= 0.6 is 0 Å². The number of aliphatic hydroxyl groups excluding tert-OH is 1. The minimum atomic E-state index is -0.924. The van der Waals surface area contributed by atoms with Gasteiger partial charge < -0.3 is 25.8 Å². The first-order chi connectivity index (χ1) is 16.8. The average molecular weight is 482 g/mol. The van der Waals surface area contributed by atoms with E-state index < -0.39 is 17.7 Å². The van der Waals surface area contributed by atoms with Crippen molar-refractivity contribution in [1.29, 1.82) is 0 Å². The predicted molar refractivity (Wildman–Crippen MR) is 124 cm³/mol. The number of aromatic nitrogens is 4. The Kier molecular flexibility index (Phi) is 5.08. The molecule has 4 N–H and O–H groups in total. The molecule has 3 aliphatic rings. The van der Waals surface area contributed by atoms with Gasteiger partial charge in [-0.15, -0.1) is 0 Å². The Labute approximate surface area is 200 Å². The van der Waals surface area contributed by atoms with E-state index in [1.807, 2.05) is 0 Å². The molecule has 0 amide bonds. The Morgan fingerprint density at radius 1 is 1.20 bits per heavy atom. The second-order valence-electron chi connectivity index (χ2n) is 9.41. The van der Waals surface area contributed by atoms with Gasteiger partial charge in [-0.1, -0.05) is 0 Å². The summed E-state index contributed by atoms with van der Waals surface area (Å²) in [4.78, 5) is 19.6. The molecule has 4 atom stereocenters. The SMILES string of the molecule is CNc1cc(F)c(F)c2c1Cc1nc(Oc3cnc([C@H](C)O)nc3)nc(N3C[C@H]4CC3C[C@H]4N)c1-2. The molecule has 1 saturated carbocycles. The first-order valence-electron chi connectivity index (χ1n) is 11.6. The summed E-state index contributed by atoms with van der Waals surface area (Å²) < 4.78 is 35.6. The number of aliphatic hydroxyl groups is 1. The number of hydrogen-bond acceptors (Lipinski definition) is 9. The molecule has 9 nitrogen and oxygen atoms in total. The van der Waals surface area contributed by atoms with Gasteiger partial charge in [-0.05, 0) is 31.2 Å². The normalized spacial score (nSPS) is 22.8. The number of nitrogens with two attached hydrogens (primary N) is 1. The van der Waals surface area contributed by atoms with Gasteiger partial charge in [-0.3, -0.25) is 0 Å². The van der Waals surface area contributed by atoms with Crippen LogP contribution in [-0.2, 0) is 6.42 Å². The third-order valence-corrected chi connectivity index (χ3v) is 7.23. The van der Waals surface area contributed by atoms with Crippen molar-refractivity contribution in [3.05, 3.63) is 47.2 Å². The Hall–Kier alpha value is -3.44. The minimum Gasteiger partial charge on any atom is -0.421 e. The number of halogens is 2. The van der Waals surface area contributed by atoms with Crippen molar-refractivity contribution in [2.45, 2.75) is 44.4 Å². The highest BCUT2D eigenvalue weighted by Gasteiger charge is 2.45. The molecule has 0 radical (unpaired) electrons. The number of rotatable bonds is 5. The zero-order chi connectivity index (χ0) is 24.4. The Morgan fingerprint density at radius 2 is 1.97 bits per heavy atom. The molecular weight excluding hydrogens is 456 g/mol. The van der Waals surface area contributed by atoms with Crippen molar-refractivity contribution >= 4 is 11.5 Å². The van der Waals surface area contributed by atoms with Gasteiger partial charge in [0.05, 0.1) is 18.1 Å². The number of piperidine rings is 1.